The number of nitrogens with zero attached hydrogens (tertiary/aromatic N) is 1. The van der Waals surface area contributed by atoms with Crippen molar-refractivity contribution in [2.75, 3.05) is 12.3 Å². The van der Waals surface area contributed by atoms with Crippen LogP contribution in [0.4, 0.5) is 0 Å². The van der Waals surface area contributed by atoms with Crippen molar-refractivity contribution < 1.29 is 13.2 Å². The van der Waals surface area contributed by atoms with Crippen molar-refractivity contribution in [1.29, 1.82) is 0 Å². The van der Waals surface area contributed by atoms with E-state index < -0.39 is 15.4 Å². The van der Waals surface area contributed by atoms with E-state index in [1.807, 2.05) is 18.2 Å². The van der Waals surface area contributed by atoms with E-state index in [0.29, 0.717) is 18.9 Å². The zero-order valence-electron chi connectivity index (χ0n) is 16.5. The smallest absolute Gasteiger partial charge is 0.215 e. The van der Waals surface area contributed by atoms with Crippen molar-refractivity contribution in [1.82, 2.24) is 4.31 Å². The Balaban J connectivity index is 1.59. The van der Waals surface area contributed by atoms with Crippen molar-refractivity contribution in [3.05, 3.63) is 35.9 Å². The number of sulfonamides is 1. The van der Waals surface area contributed by atoms with Crippen molar-refractivity contribution >= 4 is 15.8 Å². The van der Waals surface area contributed by atoms with Crippen LogP contribution in [0.2, 0.25) is 0 Å². The second kappa shape index (κ2) is 6.70. The number of carbonyl (C=O) groups is 1. The molecule has 3 aliphatic rings. The Labute approximate surface area is 163 Å². The second-order valence-corrected chi connectivity index (χ2v) is 11.3. The van der Waals surface area contributed by atoms with Crippen molar-refractivity contribution in [2.24, 2.45) is 16.7 Å². The van der Waals surface area contributed by atoms with E-state index >= 15 is 0 Å². The number of fused-ring (bicyclic) bond motifs is 2. The molecule has 1 aliphatic heterocycles. The van der Waals surface area contributed by atoms with Crippen LogP contribution in [0.5, 0.6) is 0 Å². The highest BCUT2D eigenvalue weighted by molar-refractivity contribution is 7.89. The van der Waals surface area contributed by atoms with Crippen LogP contribution in [0.1, 0.15) is 57.9 Å². The van der Waals surface area contributed by atoms with Gasteiger partial charge in [-0.3, -0.25) is 4.79 Å². The molecule has 3 atom stereocenters. The average molecular weight is 390 g/mol. The van der Waals surface area contributed by atoms with E-state index in [1.54, 1.807) is 4.31 Å². The lowest BCUT2D eigenvalue weighted by atomic mass is 9.70. The number of rotatable bonds is 5. The number of hydrogen-bond donors (Lipinski definition) is 0. The van der Waals surface area contributed by atoms with Gasteiger partial charge in [-0.05, 0) is 49.0 Å². The van der Waals surface area contributed by atoms with E-state index in [2.05, 4.69) is 26.0 Å². The third-order valence-corrected chi connectivity index (χ3v) is 9.87. The van der Waals surface area contributed by atoms with E-state index in [0.717, 1.165) is 38.5 Å². The normalized spacial score (nSPS) is 33.5. The Bertz CT molecular complexity index is 817. The molecule has 0 radical (unpaired) electrons. The second-order valence-electron chi connectivity index (χ2n) is 9.37. The zero-order chi connectivity index (χ0) is 19.3. The molecule has 148 valence electrons. The number of Topliss-reactive ketones (excluding diaryl/α,β-unsaturated/α-hetero) is 1. The van der Waals surface area contributed by atoms with Gasteiger partial charge < -0.3 is 0 Å². The molecule has 5 heteroatoms. The zero-order valence-corrected chi connectivity index (χ0v) is 17.3. The molecule has 3 unspecified atom stereocenters. The number of ketones is 1. The van der Waals surface area contributed by atoms with Crippen LogP contribution in [0, 0.1) is 16.7 Å². The number of benzene rings is 1. The maximum absolute atomic E-state index is 13.5. The van der Waals surface area contributed by atoms with Gasteiger partial charge in [-0.2, -0.15) is 4.31 Å². The van der Waals surface area contributed by atoms with Crippen LogP contribution >= 0.6 is 0 Å². The summed E-state index contributed by atoms with van der Waals surface area (Å²) in [7, 11) is -3.47. The lowest BCUT2D eigenvalue weighted by Crippen LogP contribution is -2.51. The molecule has 2 bridgehead atoms. The molecule has 1 saturated heterocycles. The average Bonchev–Trinajstić information content (AvgIpc) is 2.97. The minimum atomic E-state index is -3.47. The molecule has 4 rings (SSSR count). The van der Waals surface area contributed by atoms with Gasteiger partial charge in [0.25, 0.3) is 0 Å². The summed E-state index contributed by atoms with van der Waals surface area (Å²) >= 11 is 0. The SMILES string of the molecule is CC1(C)C2CCC1(CS(=O)(=O)N1CCCCC1Cc1ccccc1)C(=O)C2. The van der Waals surface area contributed by atoms with E-state index in [4.69, 9.17) is 0 Å². The molecule has 1 heterocycles. The summed E-state index contributed by atoms with van der Waals surface area (Å²) in [6.45, 7) is 4.82. The highest BCUT2D eigenvalue weighted by Crippen LogP contribution is 2.64. The van der Waals surface area contributed by atoms with Gasteiger partial charge in [0.05, 0.1) is 5.75 Å². The maximum atomic E-state index is 13.5. The largest absolute Gasteiger partial charge is 0.299 e. The first-order chi connectivity index (χ1) is 12.8. The van der Waals surface area contributed by atoms with E-state index in [-0.39, 0.29) is 23.0 Å². The van der Waals surface area contributed by atoms with E-state index in [9.17, 15) is 13.2 Å². The number of hydrogen-bond acceptors (Lipinski definition) is 3. The Morgan fingerprint density at radius 3 is 2.48 bits per heavy atom. The Hall–Kier alpha value is -1.20. The third kappa shape index (κ3) is 3.07. The molecule has 3 fully saturated rings. The van der Waals surface area contributed by atoms with Crippen LogP contribution in [0.15, 0.2) is 30.3 Å². The third-order valence-electron chi connectivity index (χ3n) is 7.81. The Kier molecular flexibility index (Phi) is 4.75. The predicted octanol–water partition coefficient (Wildman–Crippen LogP) is 3.81. The van der Waals surface area contributed by atoms with Gasteiger partial charge >= 0.3 is 0 Å². The minimum Gasteiger partial charge on any atom is -0.299 e. The summed E-state index contributed by atoms with van der Waals surface area (Å²) in [4.78, 5) is 12.8. The molecule has 2 aliphatic carbocycles. The summed E-state index contributed by atoms with van der Waals surface area (Å²) in [6.07, 6.45) is 5.93. The molecular weight excluding hydrogens is 358 g/mol. The molecule has 0 amide bonds. The first kappa shape index (κ1) is 19.1. The molecule has 4 nitrogen and oxygen atoms in total. The minimum absolute atomic E-state index is 0.00756. The van der Waals surface area contributed by atoms with E-state index in [1.165, 1.54) is 5.56 Å². The van der Waals surface area contributed by atoms with Gasteiger partial charge in [-0.25, -0.2) is 8.42 Å². The first-order valence-electron chi connectivity index (χ1n) is 10.3. The van der Waals surface area contributed by atoms with Gasteiger partial charge in [-0.1, -0.05) is 50.6 Å². The van der Waals surface area contributed by atoms with Crippen LogP contribution in [0.25, 0.3) is 0 Å². The molecule has 1 aromatic carbocycles. The highest BCUT2D eigenvalue weighted by Gasteiger charge is 2.65. The molecule has 0 N–H and O–H groups in total. The van der Waals surface area contributed by atoms with Crippen LogP contribution in [-0.2, 0) is 21.2 Å². The molecular formula is C22H31NO3S. The van der Waals surface area contributed by atoms with Crippen molar-refractivity contribution in [3.8, 4) is 0 Å². The predicted molar refractivity (Wildman–Crippen MR) is 107 cm³/mol. The summed E-state index contributed by atoms with van der Waals surface area (Å²) in [5, 5.41) is 0. The number of piperidine rings is 1. The monoisotopic (exact) mass is 389 g/mol. The standard InChI is InChI=1S/C22H31NO3S/c1-21(2)18-11-12-22(21,20(24)15-18)16-27(25,26)23-13-7-6-10-19(23)14-17-8-4-3-5-9-17/h3-5,8-9,18-19H,6-7,10-16H2,1-2H3. The van der Waals surface area contributed by atoms with Crippen molar-refractivity contribution in [2.45, 2.75) is 64.8 Å². The summed E-state index contributed by atoms with van der Waals surface area (Å²) in [5.41, 5.74) is 0.300. The Morgan fingerprint density at radius 2 is 1.85 bits per heavy atom. The van der Waals surface area contributed by atoms with Crippen molar-refractivity contribution in [3.63, 3.8) is 0 Å². The summed E-state index contributed by atoms with van der Waals surface area (Å²) in [6, 6.07) is 10.2. The highest BCUT2D eigenvalue weighted by atomic mass is 32.2. The molecule has 27 heavy (non-hydrogen) atoms. The summed E-state index contributed by atoms with van der Waals surface area (Å²) < 4.78 is 28.8. The summed E-state index contributed by atoms with van der Waals surface area (Å²) in [5.74, 6) is 0.541. The van der Waals surface area contributed by atoms with Crippen LogP contribution in [0.3, 0.4) is 0 Å². The quantitative estimate of drug-likeness (QED) is 0.769. The van der Waals surface area contributed by atoms with Crippen LogP contribution < -0.4 is 0 Å². The molecule has 0 aromatic heterocycles. The Morgan fingerprint density at radius 1 is 1.11 bits per heavy atom. The fraction of sp³-hybridized carbons (Fsp3) is 0.682. The van der Waals surface area contributed by atoms with Gasteiger partial charge in [-0.15, -0.1) is 0 Å². The fourth-order valence-electron chi connectivity index (χ4n) is 5.93. The molecule has 0 spiro atoms. The lowest BCUT2D eigenvalue weighted by molar-refractivity contribution is -0.128. The topological polar surface area (TPSA) is 54.5 Å². The first-order valence-corrected chi connectivity index (χ1v) is 11.9. The number of carbonyl (C=O) groups excluding carboxylic acids is 1. The maximum Gasteiger partial charge on any atom is 0.215 e. The molecule has 2 saturated carbocycles. The van der Waals surface area contributed by atoms with Gasteiger partial charge in [0.15, 0.2) is 0 Å². The van der Waals surface area contributed by atoms with Gasteiger partial charge in [0.1, 0.15) is 5.78 Å². The molecule has 1 aromatic rings. The lowest BCUT2D eigenvalue weighted by Gasteiger charge is -2.40. The van der Waals surface area contributed by atoms with Gasteiger partial charge in [0, 0.05) is 24.4 Å². The fourth-order valence-corrected chi connectivity index (χ4v) is 8.44. The van der Waals surface area contributed by atoms with Crippen LogP contribution in [-0.4, -0.2) is 36.8 Å². The van der Waals surface area contributed by atoms with Gasteiger partial charge in [0.2, 0.25) is 10.0 Å².